The molecule has 0 bridgehead atoms. The van der Waals surface area contributed by atoms with E-state index in [2.05, 4.69) is 56.4 Å². The Hall–Kier alpha value is -4.73. The van der Waals surface area contributed by atoms with Crippen molar-refractivity contribution in [3.05, 3.63) is 0 Å². The third-order valence-corrected chi connectivity index (χ3v) is 14.5. The smallest absolute Gasteiger partial charge is 0.224 e. The van der Waals surface area contributed by atoms with Crippen molar-refractivity contribution in [3.8, 4) is 0 Å². The predicted molar refractivity (Wildman–Crippen MR) is 329 cm³/mol. The molecule has 29 nitrogen and oxygen atoms in total. The van der Waals surface area contributed by atoms with Crippen molar-refractivity contribution in [1.29, 1.82) is 0 Å². The van der Waals surface area contributed by atoms with Crippen molar-refractivity contribution in [1.82, 2.24) is 42.5 Å². The van der Waals surface area contributed by atoms with Crippen LogP contribution in [0.25, 0.3) is 0 Å². The van der Waals surface area contributed by atoms with Crippen LogP contribution in [0.1, 0.15) is 130 Å². The maximum Gasteiger partial charge on any atom is 0.224 e. The first kappa shape index (κ1) is 82.3. The monoisotopic (exact) mass is 1280 g/mol. The van der Waals surface area contributed by atoms with E-state index in [9.17, 15) is 63.6 Å². The number of amides is 6. The fraction of sp³-hybridized carbons (Fsp3) is 0.850. The molecule has 0 aromatic carbocycles. The van der Waals surface area contributed by atoms with E-state index in [1.807, 2.05) is 0 Å². The first-order valence-electron chi connectivity index (χ1n) is 32.2. The van der Waals surface area contributed by atoms with E-state index >= 15 is 0 Å². The van der Waals surface area contributed by atoms with Gasteiger partial charge in [0.1, 0.15) is 41.8 Å². The molecular weight excluding hydrogens is 1160 g/mol. The zero-order valence-corrected chi connectivity index (χ0v) is 53.3. The highest BCUT2D eigenvalue weighted by molar-refractivity contribution is 5.97. The van der Waals surface area contributed by atoms with Gasteiger partial charge < -0.3 is 103 Å². The van der Waals surface area contributed by atoms with Crippen LogP contribution in [-0.4, -0.2) is 249 Å². The van der Waals surface area contributed by atoms with Gasteiger partial charge in [0.05, 0.1) is 77.9 Å². The first-order valence-corrected chi connectivity index (χ1v) is 32.2. The lowest BCUT2D eigenvalue weighted by molar-refractivity contribution is -0.288. The maximum absolute atomic E-state index is 14.4. The molecule has 6 amide bonds. The van der Waals surface area contributed by atoms with Crippen LogP contribution in [0.5, 0.6) is 0 Å². The average Bonchev–Trinajstić information content (AvgIpc) is 3.43. The number of aliphatic hydroxyl groups excluding tert-OH is 4. The van der Waals surface area contributed by atoms with Gasteiger partial charge in [-0.3, -0.25) is 43.2 Å². The van der Waals surface area contributed by atoms with Crippen LogP contribution in [-0.2, 0) is 71.6 Å². The third-order valence-electron chi connectivity index (χ3n) is 14.5. The largest absolute Gasteiger partial charge is 0.387 e. The third kappa shape index (κ3) is 41.4. The number of carbonyl (C=O) groups is 9. The summed E-state index contributed by atoms with van der Waals surface area (Å²) in [6.07, 6.45) is -2.08. The van der Waals surface area contributed by atoms with E-state index in [4.69, 9.17) is 39.9 Å². The van der Waals surface area contributed by atoms with Crippen molar-refractivity contribution >= 4 is 52.8 Å². The standard InChI is InChI=1S/C60H112N10O19/c1-4-7-9-11-16-65-52(75)40-44(36-47(71)35-43(6-3)57(80)68-17-12-10-8-5-2)49(73)39-45(58(81)69-23-21-64-19-15-62)37-48(72)38-46(41-53(76)66-22-20-63-18-14-61)59(82)70-25-28-86-30-29-84-26-13-51(74)67-24-27-85-31-32-87-33-34-88-42-50-54(77)55(78)56(79)60(83)89-50/h43-46,50,54-56,60,63-64,77-79,83H,4-42,61-62H2,1-3H3,(H,65,75)(H,66,76)(H,67,74)(H,68,80)(H,69,81)(H,70,82). The van der Waals surface area contributed by atoms with Crippen LogP contribution in [0.15, 0.2) is 0 Å². The number of hydrogen-bond donors (Lipinski definition) is 14. The highest BCUT2D eigenvalue weighted by Gasteiger charge is 2.43. The molecule has 516 valence electrons. The zero-order valence-electron chi connectivity index (χ0n) is 53.3. The Morgan fingerprint density at radius 1 is 0.404 bits per heavy atom. The lowest BCUT2D eigenvalue weighted by Gasteiger charge is -2.38. The number of aliphatic hydroxyl groups is 4. The van der Waals surface area contributed by atoms with Crippen LogP contribution in [0, 0.1) is 23.7 Å². The van der Waals surface area contributed by atoms with Crippen molar-refractivity contribution in [2.24, 2.45) is 35.1 Å². The molecule has 1 saturated heterocycles. The minimum absolute atomic E-state index is 0.0000503. The van der Waals surface area contributed by atoms with Crippen molar-refractivity contribution in [3.63, 3.8) is 0 Å². The summed E-state index contributed by atoms with van der Waals surface area (Å²) >= 11 is 0. The Bertz CT molecular complexity index is 1970. The van der Waals surface area contributed by atoms with Gasteiger partial charge in [0, 0.05) is 142 Å². The van der Waals surface area contributed by atoms with Gasteiger partial charge in [-0.25, -0.2) is 0 Å². The second-order valence-electron chi connectivity index (χ2n) is 22.1. The quantitative estimate of drug-likeness (QED) is 0.0281. The topological polar surface area (TPSA) is 438 Å². The summed E-state index contributed by atoms with van der Waals surface area (Å²) in [5, 5.41) is 61.7. The Kier molecular flexibility index (Phi) is 49.8. The molecule has 9 atom stereocenters. The van der Waals surface area contributed by atoms with Crippen LogP contribution in [0.2, 0.25) is 0 Å². The SMILES string of the molecule is CCCCCCNC(=O)CC(CC(=O)CC(CC)C(=O)NCCCCCC)C(=O)CC(CC(=O)CC(CC(=O)NCCNCCN)C(=O)NCCOCCOCCC(=O)NCCOCCOCCOCC1OC(O)C(O)C(O)C1O)C(=O)NCCNCCN. The molecular formula is C60H112N10O19. The van der Waals surface area contributed by atoms with Crippen molar-refractivity contribution in [2.75, 3.05) is 145 Å². The number of nitrogens with two attached hydrogens (primary N) is 2. The Morgan fingerprint density at radius 3 is 1.39 bits per heavy atom. The van der Waals surface area contributed by atoms with E-state index in [1.165, 1.54) is 0 Å². The highest BCUT2D eigenvalue weighted by Crippen LogP contribution is 2.24. The zero-order chi connectivity index (χ0) is 65.9. The normalized spacial score (nSPS) is 17.8. The van der Waals surface area contributed by atoms with Gasteiger partial charge in [-0.2, -0.15) is 0 Å². The molecule has 0 aliphatic carbocycles. The van der Waals surface area contributed by atoms with Gasteiger partial charge in [-0.15, -0.1) is 0 Å². The van der Waals surface area contributed by atoms with Crippen molar-refractivity contribution in [2.45, 2.75) is 161 Å². The number of ketones is 3. The molecule has 1 heterocycles. The molecule has 16 N–H and O–H groups in total. The molecule has 9 unspecified atom stereocenters. The summed E-state index contributed by atoms with van der Waals surface area (Å²) in [6.45, 7) is 11.2. The van der Waals surface area contributed by atoms with Crippen LogP contribution >= 0.6 is 0 Å². The van der Waals surface area contributed by atoms with E-state index in [0.29, 0.717) is 58.8 Å². The molecule has 0 spiro atoms. The van der Waals surface area contributed by atoms with E-state index in [-0.39, 0.29) is 142 Å². The Morgan fingerprint density at radius 2 is 0.831 bits per heavy atom. The number of unbranched alkanes of at least 4 members (excludes halogenated alkanes) is 6. The molecule has 29 heteroatoms. The number of ether oxygens (including phenoxy) is 6. The van der Waals surface area contributed by atoms with E-state index < -0.39 is 109 Å². The van der Waals surface area contributed by atoms with Gasteiger partial charge in [-0.1, -0.05) is 59.3 Å². The number of hydrogen-bond acceptors (Lipinski definition) is 23. The van der Waals surface area contributed by atoms with E-state index in [1.54, 1.807) is 6.92 Å². The van der Waals surface area contributed by atoms with E-state index in [0.717, 1.165) is 51.4 Å². The van der Waals surface area contributed by atoms with Crippen molar-refractivity contribution < 1.29 is 92.0 Å². The summed E-state index contributed by atoms with van der Waals surface area (Å²) in [5.74, 6) is -8.55. The summed E-state index contributed by atoms with van der Waals surface area (Å²) in [5.41, 5.74) is 11.2. The van der Waals surface area contributed by atoms with Gasteiger partial charge in [0.2, 0.25) is 35.4 Å². The van der Waals surface area contributed by atoms with Crippen LogP contribution < -0.4 is 54.0 Å². The first-order chi connectivity index (χ1) is 42.9. The molecule has 0 aromatic rings. The molecule has 0 aromatic heterocycles. The Balaban J connectivity index is 2.87. The van der Waals surface area contributed by atoms with Gasteiger partial charge in [-0.05, 0) is 19.3 Å². The maximum atomic E-state index is 14.4. The number of carbonyl (C=O) groups excluding carboxylic acids is 9. The second-order valence-corrected chi connectivity index (χ2v) is 22.1. The molecule has 0 radical (unpaired) electrons. The Labute approximate surface area is 526 Å². The van der Waals surface area contributed by atoms with Gasteiger partial charge in [0.15, 0.2) is 6.29 Å². The lowest BCUT2D eigenvalue weighted by Crippen LogP contribution is -2.58. The minimum Gasteiger partial charge on any atom is -0.387 e. The fourth-order valence-corrected chi connectivity index (χ4v) is 9.29. The molecule has 1 rings (SSSR count). The summed E-state index contributed by atoms with van der Waals surface area (Å²) < 4.78 is 32.4. The molecule has 1 aliphatic rings. The summed E-state index contributed by atoms with van der Waals surface area (Å²) in [6, 6.07) is 0. The lowest BCUT2D eigenvalue weighted by atomic mass is 9.83. The second kappa shape index (κ2) is 53.9. The summed E-state index contributed by atoms with van der Waals surface area (Å²) in [7, 11) is 0. The molecule has 0 saturated carbocycles. The predicted octanol–water partition coefficient (Wildman–Crippen LogP) is -2.47. The number of rotatable bonds is 59. The minimum atomic E-state index is -1.64. The molecule has 1 fully saturated rings. The van der Waals surface area contributed by atoms with Crippen LogP contribution in [0.3, 0.4) is 0 Å². The fourth-order valence-electron chi connectivity index (χ4n) is 9.29. The van der Waals surface area contributed by atoms with Gasteiger partial charge in [0.25, 0.3) is 0 Å². The van der Waals surface area contributed by atoms with Crippen LogP contribution in [0.4, 0.5) is 0 Å². The highest BCUT2D eigenvalue weighted by atomic mass is 16.6. The average molecular weight is 1280 g/mol. The number of nitrogens with one attached hydrogen (secondary N) is 8. The summed E-state index contributed by atoms with van der Waals surface area (Å²) in [4.78, 5) is 122. The number of Topliss-reactive ketones (excluding diaryl/α,β-unsaturated/α-hetero) is 3. The molecule has 1 aliphatic heterocycles. The molecule has 89 heavy (non-hydrogen) atoms. The van der Waals surface area contributed by atoms with Gasteiger partial charge >= 0.3 is 0 Å².